The molecule has 0 N–H and O–H groups in total. The molecule has 4 radical (unpaired) electrons. The van der Waals surface area contributed by atoms with Gasteiger partial charge in [0.1, 0.15) is 30.9 Å². The van der Waals surface area contributed by atoms with Crippen LogP contribution in [-0.4, -0.2) is 57.3 Å². The van der Waals surface area contributed by atoms with Gasteiger partial charge in [-0.3, -0.25) is 0 Å². The van der Waals surface area contributed by atoms with E-state index in [4.69, 9.17) is 18.9 Å². The van der Waals surface area contributed by atoms with E-state index < -0.39 is 0 Å². The van der Waals surface area contributed by atoms with Gasteiger partial charge in [-0.15, -0.1) is 0 Å². The van der Waals surface area contributed by atoms with Crippen molar-refractivity contribution in [1.82, 2.24) is 0 Å². The highest BCUT2D eigenvalue weighted by Gasteiger charge is 2.12. The predicted octanol–water partition coefficient (Wildman–Crippen LogP) is 3.90. The SMILES string of the molecule is CCCOC(OCCC)[Si]CCC[Si]C(OCCC)OCCC. The highest BCUT2D eigenvalue weighted by atomic mass is 28.2. The fourth-order valence-electron chi connectivity index (χ4n) is 1.76. The van der Waals surface area contributed by atoms with E-state index in [9.17, 15) is 0 Å². The molecular weight excluding hydrogens is 324 g/mol. The van der Waals surface area contributed by atoms with Crippen LogP contribution in [0.1, 0.15) is 59.8 Å². The molecule has 0 unspecified atom stereocenters. The van der Waals surface area contributed by atoms with Gasteiger partial charge in [-0.05, 0) is 25.7 Å². The van der Waals surface area contributed by atoms with Crippen molar-refractivity contribution in [2.45, 2.75) is 83.7 Å². The van der Waals surface area contributed by atoms with Crippen molar-refractivity contribution >= 4 is 19.0 Å². The Morgan fingerprint density at radius 1 is 0.565 bits per heavy atom. The van der Waals surface area contributed by atoms with Crippen LogP contribution in [0.3, 0.4) is 0 Å². The van der Waals surface area contributed by atoms with Crippen molar-refractivity contribution in [2.75, 3.05) is 26.4 Å². The van der Waals surface area contributed by atoms with Crippen LogP contribution in [0.5, 0.6) is 0 Å². The zero-order valence-corrected chi connectivity index (χ0v) is 17.6. The summed E-state index contributed by atoms with van der Waals surface area (Å²) >= 11 is 0. The third-order valence-corrected chi connectivity index (χ3v) is 5.49. The van der Waals surface area contributed by atoms with Crippen LogP contribution < -0.4 is 0 Å². The zero-order valence-electron chi connectivity index (χ0n) is 15.6. The largest absolute Gasteiger partial charge is 0.357 e. The van der Waals surface area contributed by atoms with Gasteiger partial charge in [-0.1, -0.05) is 46.2 Å². The molecule has 0 aliphatic carbocycles. The maximum absolute atomic E-state index is 5.77. The average molecular weight is 361 g/mol. The number of ether oxygens (including phenoxy) is 4. The van der Waals surface area contributed by atoms with E-state index >= 15 is 0 Å². The van der Waals surface area contributed by atoms with Crippen LogP contribution in [0.4, 0.5) is 0 Å². The number of rotatable bonds is 18. The zero-order chi connectivity index (χ0) is 17.2. The van der Waals surface area contributed by atoms with E-state index in [1.807, 2.05) is 0 Å². The Hall–Kier alpha value is 0.274. The van der Waals surface area contributed by atoms with Crippen LogP contribution in [0, 0.1) is 0 Å². The third-order valence-electron chi connectivity index (χ3n) is 2.87. The molecule has 0 aliphatic rings. The summed E-state index contributed by atoms with van der Waals surface area (Å²) in [5.74, 6) is 0.00317. The second-order valence-electron chi connectivity index (χ2n) is 5.41. The molecule has 0 spiro atoms. The molecule has 0 rings (SSSR count). The van der Waals surface area contributed by atoms with Crippen LogP contribution in [-0.2, 0) is 18.9 Å². The van der Waals surface area contributed by atoms with E-state index in [0.717, 1.165) is 71.2 Å². The monoisotopic (exact) mass is 360 g/mol. The van der Waals surface area contributed by atoms with E-state index in [0.29, 0.717) is 0 Å². The first-order valence-corrected chi connectivity index (χ1v) is 11.8. The standard InChI is InChI=1S/C17H36O4Si2/c1-5-10-18-16(19-11-6-2)22-14-9-15-23-17(20-12-7-3)21-13-8-4/h16-17H,5-15H2,1-4H3. The van der Waals surface area contributed by atoms with Crippen molar-refractivity contribution in [3.05, 3.63) is 0 Å². The van der Waals surface area contributed by atoms with Gasteiger partial charge in [0.05, 0.1) is 0 Å². The van der Waals surface area contributed by atoms with Gasteiger partial charge in [0.15, 0.2) is 0 Å². The van der Waals surface area contributed by atoms with Crippen molar-refractivity contribution < 1.29 is 18.9 Å². The Morgan fingerprint density at radius 2 is 0.870 bits per heavy atom. The minimum absolute atomic E-state index is 0.00159. The molecule has 23 heavy (non-hydrogen) atoms. The van der Waals surface area contributed by atoms with Gasteiger partial charge in [-0.2, -0.15) is 0 Å². The van der Waals surface area contributed by atoms with Crippen LogP contribution in [0.2, 0.25) is 12.1 Å². The maximum atomic E-state index is 5.77. The molecule has 6 heteroatoms. The minimum atomic E-state index is 0.00159. The molecule has 0 saturated heterocycles. The lowest BCUT2D eigenvalue weighted by molar-refractivity contribution is -0.0907. The Balaban J connectivity index is 3.81. The van der Waals surface area contributed by atoms with Crippen molar-refractivity contribution in [3.63, 3.8) is 0 Å². The fraction of sp³-hybridized carbons (Fsp3) is 1.00. The van der Waals surface area contributed by atoms with Crippen molar-refractivity contribution in [3.8, 4) is 0 Å². The van der Waals surface area contributed by atoms with Gasteiger partial charge in [0, 0.05) is 26.4 Å². The first-order chi connectivity index (χ1) is 11.3. The summed E-state index contributed by atoms with van der Waals surface area (Å²) in [5.41, 5.74) is 0. The number of hydrogen-bond acceptors (Lipinski definition) is 4. The molecule has 0 aliphatic heterocycles. The topological polar surface area (TPSA) is 36.9 Å². The molecular formula is C17H36O4Si2. The average Bonchev–Trinajstić information content (AvgIpc) is 2.57. The molecule has 0 heterocycles. The Bertz CT molecular complexity index is 195. The first-order valence-electron chi connectivity index (χ1n) is 9.21. The summed E-state index contributed by atoms with van der Waals surface area (Å²) < 4.78 is 23.1. The second kappa shape index (κ2) is 18.6. The van der Waals surface area contributed by atoms with E-state index in [-0.39, 0.29) is 11.8 Å². The summed E-state index contributed by atoms with van der Waals surface area (Å²) in [7, 11) is 1.45. The molecule has 0 fully saturated rings. The van der Waals surface area contributed by atoms with Gasteiger partial charge < -0.3 is 18.9 Å². The fourth-order valence-corrected chi connectivity index (χ4v) is 4.29. The summed E-state index contributed by atoms with van der Waals surface area (Å²) in [5, 5.41) is 0. The molecule has 0 aromatic rings. The summed E-state index contributed by atoms with van der Waals surface area (Å²) in [6, 6.07) is 2.33. The van der Waals surface area contributed by atoms with Gasteiger partial charge in [-0.25, -0.2) is 0 Å². The second-order valence-corrected chi connectivity index (χ2v) is 8.17. The lowest BCUT2D eigenvalue weighted by Crippen LogP contribution is -2.27. The maximum Gasteiger partial charge on any atom is 0.137 e. The number of hydrogen-bond donors (Lipinski definition) is 0. The Morgan fingerprint density at radius 3 is 1.13 bits per heavy atom. The van der Waals surface area contributed by atoms with E-state index in [2.05, 4.69) is 27.7 Å². The highest BCUT2D eigenvalue weighted by Crippen LogP contribution is 2.06. The Labute approximate surface area is 148 Å². The molecule has 4 nitrogen and oxygen atoms in total. The third kappa shape index (κ3) is 15.5. The van der Waals surface area contributed by atoms with Gasteiger partial charge >= 0.3 is 0 Å². The lowest BCUT2D eigenvalue weighted by atomic mass is 10.5. The van der Waals surface area contributed by atoms with Crippen LogP contribution >= 0.6 is 0 Å². The Kier molecular flexibility index (Phi) is 18.8. The molecule has 0 aromatic carbocycles. The van der Waals surface area contributed by atoms with Gasteiger partial charge in [0.2, 0.25) is 0 Å². The predicted molar refractivity (Wildman–Crippen MR) is 98.3 cm³/mol. The van der Waals surface area contributed by atoms with E-state index in [1.54, 1.807) is 0 Å². The smallest absolute Gasteiger partial charge is 0.137 e. The summed E-state index contributed by atoms with van der Waals surface area (Å²) in [4.78, 5) is 0. The van der Waals surface area contributed by atoms with Crippen LogP contribution in [0.15, 0.2) is 0 Å². The molecule has 136 valence electrons. The first kappa shape index (κ1) is 23.3. The molecule has 0 saturated carbocycles. The summed E-state index contributed by atoms with van der Waals surface area (Å²) in [6.07, 6.45) is 5.37. The van der Waals surface area contributed by atoms with Crippen LogP contribution in [0.25, 0.3) is 0 Å². The normalized spacial score (nSPS) is 11.7. The van der Waals surface area contributed by atoms with E-state index in [1.165, 1.54) is 18.5 Å². The molecule has 0 amide bonds. The van der Waals surface area contributed by atoms with Crippen molar-refractivity contribution in [1.29, 1.82) is 0 Å². The van der Waals surface area contributed by atoms with Gasteiger partial charge in [0.25, 0.3) is 0 Å². The quantitative estimate of drug-likeness (QED) is 0.211. The molecule has 0 bridgehead atoms. The lowest BCUT2D eigenvalue weighted by Gasteiger charge is -2.19. The highest BCUT2D eigenvalue weighted by molar-refractivity contribution is 6.38. The molecule has 0 aromatic heterocycles. The van der Waals surface area contributed by atoms with Crippen molar-refractivity contribution in [2.24, 2.45) is 0 Å². The summed E-state index contributed by atoms with van der Waals surface area (Å²) in [6.45, 7) is 11.7. The minimum Gasteiger partial charge on any atom is -0.357 e. The molecule has 0 atom stereocenters.